The van der Waals surface area contributed by atoms with Gasteiger partial charge in [-0.2, -0.15) is 18.2 Å². The molecule has 3 N–H and O–H groups in total. The Kier molecular flexibility index (Phi) is 9.09. The lowest BCUT2D eigenvalue weighted by Crippen LogP contribution is -2.46. The van der Waals surface area contributed by atoms with E-state index in [1.54, 1.807) is 35.0 Å². The molecule has 3 aliphatic heterocycles. The number of nitrogens with zero attached hydrogens (tertiary/aromatic N) is 4. The number of amides is 2. The minimum Gasteiger partial charge on any atom is -0.376 e. The molecular weight excluding hydrogens is 587 g/mol. The second-order valence-electron chi connectivity index (χ2n) is 12.2. The predicted octanol–water partition coefficient (Wildman–Crippen LogP) is 4.71. The van der Waals surface area contributed by atoms with Crippen LogP contribution in [0.2, 0.25) is 0 Å². The molecular formula is C32H38F3N7O3. The summed E-state index contributed by atoms with van der Waals surface area (Å²) in [5, 5.41) is 14.1. The van der Waals surface area contributed by atoms with Crippen molar-refractivity contribution in [2.45, 2.75) is 57.2 Å². The molecule has 5 heterocycles. The van der Waals surface area contributed by atoms with Crippen molar-refractivity contribution < 1.29 is 27.5 Å². The molecule has 1 aromatic carbocycles. The van der Waals surface area contributed by atoms with Gasteiger partial charge in [-0.15, -0.1) is 5.10 Å². The summed E-state index contributed by atoms with van der Waals surface area (Å²) in [6, 6.07) is 10.9. The lowest BCUT2D eigenvalue weighted by atomic mass is 9.74. The van der Waals surface area contributed by atoms with Crippen molar-refractivity contribution in [2.24, 2.45) is 5.41 Å². The number of anilines is 2. The van der Waals surface area contributed by atoms with E-state index in [0.29, 0.717) is 42.1 Å². The van der Waals surface area contributed by atoms with E-state index >= 15 is 0 Å². The highest BCUT2D eigenvalue weighted by Crippen LogP contribution is 2.38. The fraction of sp³-hybridized carbons (Fsp3) is 0.500. The molecule has 3 aliphatic rings. The molecule has 2 amide bonds. The van der Waals surface area contributed by atoms with Crippen LogP contribution < -0.4 is 16.0 Å². The molecule has 1 spiro atoms. The highest BCUT2D eigenvalue weighted by atomic mass is 19.4. The fourth-order valence-corrected chi connectivity index (χ4v) is 6.33. The average molecular weight is 626 g/mol. The highest BCUT2D eigenvalue weighted by molar-refractivity contribution is 5.94. The SMILES string of the molecule is O=C(NCC1CCC2(CCNCC2)CO1)c1ccc(Nc2nc3c(C4=CCN(C(=O)CCC(F)(F)F)CC4)cccn3n2)cc1. The zero-order valence-electron chi connectivity index (χ0n) is 25.0. The van der Waals surface area contributed by atoms with Crippen LogP contribution in [0.5, 0.6) is 0 Å². The number of aromatic nitrogens is 3. The lowest BCUT2D eigenvalue weighted by molar-refractivity contribution is -0.148. The van der Waals surface area contributed by atoms with Gasteiger partial charge in [-0.05, 0) is 92.6 Å². The zero-order valence-corrected chi connectivity index (χ0v) is 25.0. The first-order chi connectivity index (χ1) is 21.7. The van der Waals surface area contributed by atoms with Gasteiger partial charge in [0.1, 0.15) is 0 Å². The molecule has 45 heavy (non-hydrogen) atoms. The van der Waals surface area contributed by atoms with E-state index in [2.05, 4.69) is 26.0 Å². The van der Waals surface area contributed by atoms with Crippen LogP contribution in [0.25, 0.3) is 11.2 Å². The number of fused-ring (bicyclic) bond motifs is 1. The molecule has 3 aromatic rings. The van der Waals surface area contributed by atoms with Crippen LogP contribution in [-0.2, 0) is 9.53 Å². The molecule has 1 atom stereocenters. The summed E-state index contributed by atoms with van der Waals surface area (Å²) in [7, 11) is 0. The number of rotatable bonds is 8. The summed E-state index contributed by atoms with van der Waals surface area (Å²) >= 11 is 0. The van der Waals surface area contributed by atoms with E-state index in [0.717, 1.165) is 62.2 Å². The molecule has 10 nitrogen and oxygen atoms in total. The van der Waals surface area contributed by atoms with Gasteiger partial charge in [-0.3, -0.25) is 9.59 Å². The molecule has 2 fully saturated rings. The minimum atomic E-state index is -4.35. The fourth-order valence-electron chi connectivity index (χ4n) is 6.33. The Balaban J connectivity index is 1.02. The third-order valence-electron chi connectivity index (χ3n) is 9.07. The van der Waals surface area contributed by atoms with Crippen molar-refractivity contribution >= 4 is 34.7 Å². The van der Waals surface area contributed by atoms with Crippen molar-refractivity contribution in [2.75, 3.05) is 44.6 Å². The minimum absolute atomic E-state index is 0.0375. The van der Waals surface area contributed by atoms with Crippen molar-refractivity contribution in [3.05, 3.63) is 59.8 Å². The lowest BCUT2D eigenvalue weighted by Gasteiger charge is -2.43. The van der Waals surface area contributed by atoms with E-state index in [-0.39, 0.29) is 18.6 Å². The maximum absolute atomic E-state index is 12.8. The number of benzene rings is 1. The van der Waals surface area contributed by atoms with Crippen LogP contribution in [0, 0.1) is 5.41 Å². The van der Waals surface area contributed by atoms with Crippen LogP contribution in [0.1, 0.15) is 60.9 Å². The van der Waals surface area contributed by atoms with Crippen molar-refractivity contribution in [1.29, 1.82) is 0 Å². The Morgan fingerprint density at radius 3 is 2.60 bits per heavy atom. The molecule has 240 valence electrons. The number of carbonyl (C=O) groups is 2. The largest absolute Gasteiger partial charge is 0.389 e. The summed E-state index contributed by atoms with van der Waals surface area (Å²) < 4.78 is 45.3. The van der Waals surface area contributed by atoms with Gasteiger partial charge in [0.25, 0.3) is 5.91 Å². The van der Waals surface area contributed by atoms with Crippen LogP contribution >= 0.6 is 0 Å². The second-order valence-corrected chi connectivity index (χ2v) is 12.2. The number of pyridine rings is 1. The smallest absolute Gasteiger partial charge is 0.376 e. The normalized spacial score (nSPS) is 20.2. The molecule has 0 aliphatic carbocycles. The van der Waals surface area contributed by atoms with Gasteiger partial charge in [0.05, 0.1) is 19.1 Å². The summed E-state index contributed by atoms with van der Waals surface area (Å²) in [5.41, 5.74) is 3.99. The Hall–Kier alpha value is -3.97. The van der Waals surface area contributed by atoms with E-state index < -0.39 is 24.9 Å². The van der Waals surface area contributed by atoms with Gasteiger partial charge in [0.15, 0.2) is 5.65 Å². The standard InChI is InChI=1S/C32H38F3N7O3/c33-32(34,35)12-8-27(43)41-18-9-22(10-19-41)26-2-1-17-42-28(26)39-30(40-42)38-24-5-3-23(4-6-24)29(44)37-20-25-7-11-31(21-45-25)13-15-36-16-14-31/h1-6,9,17,25,36H,7-8,10-16,18-21H2,(H,37,44)(H,38,40). The first-order valence-corrected chi connectivity index (χ1v) is 15.5. The van der Waals surface area contributed by atoms with Gasteiger partial charge in [0.2, 0.25) is 11.9 Å². The van der Waals surface area contributed by atoms with Crippen LogP contribution in [0.15, 0.2) is 48.7 Å². The molecule has 0 saturated carbocycles. The molecule has 0 bridgehead atoms. The summed E-state index contributed by atoms with van der Waals surface area (Å²) in [5.74, 6) is -0.271. The number of halogens is 3. The summed E-state index contributed by atoms with van der Waals surface area (Å²) in [6.07, 6.45) is 2.58. The van der Waals surface area contributed by atoms with E-state index in [1.165, 1.54) is 4.90 Å². The first-order valence-electron chi connectivity index (χ1n) is 15.5. The third-order valence-corrected chi connectivity index (χ3v) is 9.07. The number of hydrogen-bond donors (Lipinski definition) is 3. The van der Waals surface area contributed by atoms with Crippen molar-refractivity contribution in [3.8, 4) is 0 Å². The number of nitrogens with one attached hydrogen (secondary N) is 3. The highest BCUT2D eigenvalue weighted by Gasteiger charge is 2.37. The Bertz CT molecular complexity index is 1540. The Morgan fingerprint density at radius 2 is 1.91 bits per heavy atom. The zero-order chi connectivity index (χ0) is 31.4. The van der Waals surface area contributed by atoms with Gasteiger partial charge >= 0.3 is 6.18 Å². The van der Waals surface area contributed by atoms with E-state index in [9.17, 15) is 22.8 Å². The summed E-state index contributed by atoms with van der Waals surface area (Å²) in [4.78, 5) is 31.1. The topological polar surface area (TPSA) is 113 Å². The van der Waals surface area contributed by atoms with E-state index in [4.69, 9.17) is 4.74 Å². The number of ether oxygens (including phenoxy) is 1. The van der Waals surface area contributed by atoms with Gasteiger partial charge in [-0.25, -0.2) is 4.52 Å². The maximum Gasteiger partial charge on any atom is 0.389 e. The van der Waals surface area contributed by atoms with Crippen LogP contribution in [-0.4, -0.2) is 82.9 Å². The number of piperidine rings is 1. The van der Waals surface area contributed by atoms with Crippen molar-refractivity contribution in [1.82, 2.24) is 30.1 Å². The average Bonchev–Trinajstić information content (AvgIpc) is 3.46. The molecule has 2 saturated heterocycles. The summed E-state index contributed by atoms with van der Waals surface area (Å²) in [6.45, 7) is 3.94. The molecule has 1 unspecified atom stereocenters. The predicted molar refractivity (Wildman–Crippen MR) is 163 cm³/mol. The quantitative estimate of drug-likeness (QED) is 0.333. The van der Waals surface area contributed by atoms with Crippen LogP contribution in [0.4, 0.5) is 24.8 Å². The molecule has 6 rings (SSSR count). The maximum atomic E-state index is 12.8. The number of carbonyl (C=O) groups excluding carboxylic acids is 2. The van der Waals surface area contributed by atoms with Gasteiger partial charge in [-0.1, -0.05) is 6.08 Å². The van der Waals surface area contributed by atoms with E-state index in [1.807, 2.05) is 18.2 Å². The van der Waals surface area contributed by atoms with Crippen LogP contribution in [0.3, 0.4) is 0 Å². The number of hydrogen-bond acceptors (Lipinski definition) is 7. The Labute approximate surface area is 259 Å². The monoisotopic (exact) mass is 625 g/mol. The first kappa shape index (κ1) is 31.0. The van der Waals surface area contributed by atoms with Gasteiger partial charge in [0, 0.05) is 49.1 Å². The molecule has 13 heteroatoms. The molecule has 2 aromatic heterocycles. The Morgan fingerprint density at radius 1 is 1.11 bits per heavy atom. The molecule has 0 radical (unpaired) electrons. The number of alkyl halides is 3. The second kappa shape index (κ2) is 13.2. The third kappa shape index (κ3) is 7.64. The van der Waals surface area contributed by atoms with Gasteiger partial charge < -0.3 is 25.6 Å². The van der Waals surface area contributed by atoms with Crippen molar-refractivity contribution in [3.63, 3.8) is 0 Å².